The molecule has 2 amide bonds. The second-order valence-electron chi connectivity index (χ2n) is 6.51. The van der Waals surface area contributed by atoms with E-state index >= 15 is 0 Å². The fourth-order valence-corrected chi connectivity index (χ4v) is 3.79. The molecule has 0 fully saturated rings. The summed E-state index contributed by atoms with van der Waals surface area (Å²) in [7, 11) is 1.52. The molecule has 3 aromatic rings. The van der Waals surface area contributed by atoms with E-state index in [0.29, 0.717) is 6.07 Å². The lowest BCUT2D eigenvalue weighted by molar-refractivity contribution is 0.0734. The minimum atomic E-state index is -1.02. The van der Waals surface area contributed by atoms with Crippen molar-refractivity contribution in [3.63, 3.8) is 0 Å². The number of thiazole rings is 1. The average molecular weight is 419 g/mol. The molecule has 2 heterocycles. The Morgan fingerprint density at radius 2 is 1.97 bits per heavy atom. The van der Waals surface area contributed by atoms with Crippen molar-refractivity contribution in [2.75, 3.05) is 12.4 Å². The van der Waals surface area contributed by atoms with Crippen molar-refractivity contribution >= 4 is 28.8 Å². The molecule has 9 heteroatoms. The van der Waals surface area contributed by atoms with Gasteiger partial charge in [0.2, 0.25) is 0 Å². The van der Waals surface area contributed by atoms with Crippen LogP contribution in [-0.4, -0.2) is 28.7 Å². The van der Waals surface area contributed by atoms with E-state index in [4.69, 9.17) is 4.42 Å². The number of nitrogens with one attached hydrogen (secondary N) is 1. The predicted molar refractivity (Wildman–Crippen MR) is 105 cm³/mol. The minimum absolute atomic E-state index is 0.0401. The first kappa shape index (κ1) is 20.7. The summed E-state index contributed by atoms with van der Waals surface area (Å²) < 4.78 is 33.5. The van der Waals surface area contributed by atoms with Gasteiger partial charge in [0.25, 0.3) is 11.8 Å². The van der Waals surface area contributed by atoms with Gasteiger partial charge < -0.3 is 14.6 Å². The summed E-state index contributed by atoms with van der Waals surface area (Å²) >= 11 is 1.51. The Kier molecular flexibility index (Phi) is 5.78. The lowest BCUT2D eigenvalue weighted by Gasteiger charge is -2.25. The summed E-state index contributed by atoms with van der Waals surface area (Å²) in [5.74, 6) is -3.43. The van der Waals surface area contributed by atoms with Gasteiger partial charge in [-0.3, -0.25) is 9.59 Å². The van der Waals surface area contributed by atoms with Gasteiger partial charge in [-0.15, -0.1) is 11.3 Å². The number of nitrogens with zero attached hydrogens (tertiary/aromatic N) is 2. The second-order valence-corrected chi connectivity index (χ2v) is 7.92. The van der Waals surface area contributed by atoms with Crippen molar-refractivity contribution in [1.82, 2.24) is 9.88 Å². The highest BCUT2D eigenvalue weighted by atomic mass is 32.1. The van der Waals surface area contributed by atoms with Crippen LogP contribution in [0.1, 0.15) is 49.5 Å². The molecule has 0 spiro atoms. The first-order chi connectivity index (χ1) is 13.7. The number of rotatable bonds is 5. The lowest BCUT2D eigenvalue weighted by atomic mass is 10.1. The molecular formula is C20H19F2N3O3S. The third-order valence-corrected chi connectivity index (χ3v) is 5.42. The zero-order chi connectivity index (χ0) is 21.3. The number of carbonyl (C=O) groups excluding carboxylic acids is 2. The lowest BCUT2D eigenvalue weighted by Crippen LogP contribution is -2.31. The van der Waals surface area contributed by atoms with Gasteiger partial charge in [-0.25, -0.2) is 13.8 Å². The molecule has 2 aromatic heterocycles. The van der Waals surface area contributed by atoms with E-state index in [-0.39, 0.29) is 17.0 Å². The molecule has 29 heavy (non-hydrogen) atoms. The van der Waals surface area contributed by atoms with Gasteiger partial charge in [-0.1, -0.05) is 0 Å². The number of anilines is 1. The van der Waals surface area contributed by atoms with Gasteiger partial charge in [0.05, 0.1) is 34.3 Å². The van der Waals surface area contributed by atoms with Crippen LogP contribution in [0.4, 0.5) is 14.5 Å². The molecular weight excluding hydrogens is 400 g/mol. The van der Waals surface area contributed by atoms with E-state index in [1.165, 1.54) is 41.7 Å². The molecule has 0 radical (unpaired) electrons. The zero-order valence-electron chi connectivity index (χ0n) is 16.2. The van der Waals surface area contributed by atoms with Gasteiger partial charge in [0, 0.05) is 18.0 Å². The number of aromatic nitrogens is 1. The Morgan fingerprint density at radius 3 is 2.55 bits per heavy atom. The van der Waals surface area contributed by atoms with Crippen LogP contribution < -0.4 is 5.32 Å². The quantitative estimate of drug-likeness (QED) is 0.650. The first-order valence-electron chi connectivity index (χ1n) is 8.74. The van der Waals surface area contributed by atoms with Crippen LogP contribution in [0.2, 0.25) is 0 Å². The predicted octanol–water partition coefficient (Wildman–Crippen LogP) is 4.72. The average Bonchev–Trinajstić information content (AvgIpc) is 3.31. The number of halogens is 2. The van der Waals surface area contributed by atoms with E-state index in [1.807, 2.05) is 13.8 Å². The molecule has 0 saturated carbocycles. The van der Waals surface area contributed by atoms with Crippen LogP contribution in [0.5, 0.6) is 0 Å². The van der Waals surface area contributed by atoms with Crippen molar-refractivity contribution in [2.24, 2.45) is 0 Å². The van der Waals surface area contributed by atoms with E-state index in [1.54, 1.807) is 6.92 Å². The number of hydrogen-bond donors (Lipinski definition) is 1. The second kappa shape index (κ2) is 8.12. The molecule has 0 bridgehead atoms. The van der Waals surface area contributed by atoms with E-state index in [2.05, 4.69) is 10.3 Å². The van der Waals surface area contributed by atoms with Crippen LogP contribution >= 0.6 is 11.3 Å². The number of carbonyl (C=O) groups is 2. The molecule has 1 unspecified atom stereocenters. The summed E-state index contributed by atoms with van der Waals surface area (Å²) in [6, 6.07) is 4.04. The van der Waals surface area contributed by atoms with Gasteiger partial charge in [0.15, 0.2) is 5.76 Å². The smallest absolute Gasteiger partial charge is 0.291 e. The molecule has 1 atom stereocenters. The number of furan rings is 1. The summed E-state index contributed by atoms with van der Waals surface area (Å²) in [5, 5.41) is 3.15. The third-order valence-electron chi connectivity index (χ3n) is 4.52. The van der Waals surface area contributed by atoms with E-state index in [0.717, 1.165) is 21.6 Å². The van der Waals surface area contributed by atoms with Gasteiger partial charge in [-0.2, -0.15) is 0 Å². The molecule has 0 saturated heterocycles. The standard InChI is InChI=1S/C20H19F2N3O3S/c1-10(18-11(2)29-12(3)23-18)25(4)20(27)13-8-16(15(22)9-14(13)21)24-19(26)17-6-5-7-28-17/h5-10H,1-4H3,(H,24,26). The van der Waals surface area contributed by atoms with Gasteiger partial charge >= 0.3 is 0 Å². The molecule has 0 aliphatic heterocycles. The Labute approximate surface area is 170 Å². The summed E-state index contributed by atoms with van der Waals surface area (Å²) in [6.07, 6.45) is 1.30. The van der Waals surface area contributed by atoms with Crippen LogP contribution in [-0.2, 0) is 0 Å². The van der Waals surface area contributed by atoms with Crippen molar-refractivity contribution < 1.29 is 22.8 Å². The highest BCUT2D eigenvalue weighted by Gasteiger charge is 2.26. The maximum atomic E-state index is 14.4. The van der Waals surface area contributed by atoms with Crippen LogP contribution in [0.25, 0.3) is 0 Å². The Balaban J connectivity index is 1.88. The zero-order valence-corrected chi connectivity index (χ0v) is 17.1. The van der Waals surface area contributed by atoms with E-state index in [9.17, 15) is 18.4 Å². The number of amides is 2. The molecule has 1 N–H and O–H groups in total. The Hall–Kier alpha value is -3.07. The van der Waals surface area contributed by atoms with Crippen LogP contribution in [0, 0.1) is 25.5 Å². The number of aryl methyl sites for hydroxylation is 2. The first-order valence-corrected chi connectivity index (χ1v) is 9.55. The van der Waals surface area contributed by atoms with Gasteiger partial charge in [-0.05, 0) is 39.0 Å². The van der Waals surface area contributed by atoms with Crippen molar-refractivity contribution in [2.45, 2.75) is 26.8 Å². The Morgan fingerprint density at radius 1 is 1.24 bits per heavy atom. The third kappa shape index (κ3) is 4.19. The maximum absolute atomic E-state index is 14.4. The normalized spacial score (nSPS) is 11.9. The molecule has 1 aromatic carbocycles. The molecule has 0 aliphatic carbocycles. The highest BCUT2D eigenvalue weighted by Crippen LogP contribution is 2.28. The van der Waals surface area contributed by atoms with Gasteiger partial charge in [0.1, 0.15) is 11.6 Å². The van der Waals surface area contributed by atoms with Crippen molar-refractivity contribution in [3.05, 3.63) is 69.1 Å². The summed E-state index contributed by atoms with van der Waals surface area (Å²) in [6.45, 7) is 5.54. The van der Waals surface area contributed by atoms with Crippen molar-refractivity contribution in [1.29, 1.82) is 0 Å². The maximum Gasteiger partial charge on any atom is 0.291 e. The summed E-state index contributed by atoms with van der Waals surface area (Å²) in [4.78, 5) is 31.7. The van der Waals surface area contributed by atoms with Crippen LogP contribution in [0.15, 0.2) is 34.9 Å². The fraction of sp³-hybridized carbons (Fsp3) is 0.250. The summed E-state index contributed by atoms with van der Waals surface area (Å²) in [5.41, 5.74) is 0.0372. The number of benzene rings is 1. The minimum Gasteiger partial charge on any atom is -0.459 e. The monoisotopic (exact) mass is 419 g/mol. The molecule has 0 aliphatic rings. The molecule has 3 rings (SSSR count). The molecule has 152 valence electrons. The largest absolute Gasteiger partial charge is 0.459 e. The van der Waals surface area contributed by atoms with Crippen LogP contribution in [0.3, 0.4) is 0 Å². The molecule has 6 nitrogen and oxygen atoms in total. The number of hydrogen-bond acceptors (Lipinski definition) is 5. The topological polar surface area (TPSA) is 75.4 Å². The fourth-order valence-electron chi connectivity index (χ4n) is 2.88. The van der Waals surface area contributed by atoms with E-state index < -0.39 is 29.5 Å². The van der Waals surface area contributed by atoms with Crippen molar-refractivity contribution in [3.8, 4) is 0 Å². The highest BCUT2D eigenvalue weighted by molar-refractivity contribution is 7.11. The SMILES string of the molecule is Cc1nc(C(C)N(C)C(=O)c2cc(NC(=O)c3ccco3)c(F)cc2F)c(C)s1. The Bertz CT molecular complexity index is 1060.